The van der Waals surface area contributed by atoms with Crippen LogP contribution in [0.4, 0.5) is 5.69 Å². The molecular formula is C17H14N2O3. The van der Waals surface area contributed by atoms with Crippen LogP contribution in [0.25, 0.3) is 6.08 Å². The Kier molecular flexibility index (Phi) is 4.78. The van der Waals surface area contributed by atoms with Crippen molar-refractivity contribution in [3.63, 3.8) is 0 Å². The van der Waals surface area contributed by atoms with Crippen LogP contribution in [-0.4, -0.2) is 18.1 Å². The maximum absolute atomic E-state index is 12.1. The van der Waals surface area contributed by atoms with E-state index in [0.717, 1.165) is 0 Å². The van der Waals surface area contributed by atoms with Gasteiger partial charge >= 0.3 is 0 Å². The van der Waals surface area contributed by atoms with Gasteiger partial charge in [-0.2, -0.15) is 5.26 Å². The molecule has 0 aromatic heterocycles. The number of phenols is 1. The van der Waals surface area contributed by atoms with Crippen LogP contribution < -0.4 is 10.1 Å². The van der Waals surface area contributed by atoms with Crippen LogP contribution in [0.5, 0.6) is 11.5 Å². The van der Waals surface area contributed by atoms with Gasteiger partial charge in [-0.1, -0.05) is 12.1 Å². The van der Waals surface area contributed by atoms with Gasteiger partial charge in [0, 0.05) is 5.69 Å². The van der Waals surface area contributed by atoms with E-state index in [-0.39, 0.29) is 11.3 Å². The number of phenolic OH excluding ortho intramolecular Hbond substituents is 1. The lowest BCUT2D eigenvalue weighted by molar-refractivity contribution is -0.112. The molecule has 0 saturated heterocycles. The molecule has 0 aliphatic rings. The third kappa shape index (κ3) is 3.87. The van der Waals surface area contributed by atoms with E-state index in [1.807, 2.05) is 6.07 Å². The minimum Gasteiger partial charge on any atom is -0.508 e. The second kappa shape index (κ2) is 6.95. The van der Waals surface area contributed by atoms with Crippen LogP contribution in [0, 0.1) is 11.3 Å². The number of nitrogens with zero attached hydrogens (tertiary/aromatic N) is 1. The van der Waals surface area contributed by atoms with Crippen LogP contribution in [-0.2, 0) is 4.79 Å². The number of hydrogen-bond donors (Lipinski definition) is 2. The van der Waals surface area contributed by atoms with Crippen LogP contribution >= 0.6 is 0 Å². The fraction of sp³-hybridized carbons (Fsp3) is 0.0588. The highest BCUT2D eigenvalue weighted by Crippen LogP contribution is 2.17. The molecule has 0 heterocycles. The minimum absolute atomic E-state index is 0.0542. The number of nitrogens with one attached hydrogen (secondary N) is 1. The molecule has 1 amide bonds. The summed E-state index contributed by atoms with van der Waals surface area (Å²) in [6.07, 6.45) is 1.42. The summed E-state index contributed by atoms with van der Waals surface area (Å²) in [7, 11) is 1.55. The summed E-state index contributed by atoms with van der Waals surface area (Å²) in [5, 5.41) is 21.2. The molecule has 0 atom stereocenters. The number of carbonyl (C=O) groups is 1. The molecule has 22 heavy (non-hydrogen) atoms. The zero-order valence-corrected chi connectivity index (χ0v) is 11.9. The Labute approximate surface area is 128 Å². The smallest absolute Gasteiger partial charge is 0.266 e. The molecule has 0 bridgehead atoms. The Balaban J connectivity index is 2.16. The number of hydrogen-bond acceptors (Lipinski definition) is 4. The Hall–Kier alpha value is -3.26. The van der Waals surface area contributed by atoms with Gasteiger partial charge in [-0.25, -0.2) is 0 Å². The Morgan fingerprint density at radius 2 is 2.00 bits per heavy atom. The average molecular weight is 294 g/mol. The van der Waals surface area contributed by atoms with Crippen LogP contribution in [0.3, 0.4) is 0 Å². The molecule has 2 N–H and O–H groups in total. The quantitative estimate of drug-likeness (QED) is 0.671. The van der Waals surface area contributed by atoms with Gasteiger partial charge in [0.2, 0.25) is 0 Å². The van der Waals surface area contributed by atoms with E-state index in [4.69, 9.17) is 10.00 Å². The molecule has 0 radical (unpaired) electrons. The van der Waals surface area contributed by atoms with Crippen molar-refractivity contribution in [2.24, 2.45) is 0 Å². The van der Waals surface area contributed by atoms with Crippen molar-refractivity contribution in [1.82, 2.24) is 0 Å². The number of methoxy groups -OCH3 is 1. The second-order valence-corrected chi connectivity index (χ2v) is 4.45. The van der Waals surface area contributed by atoms with Crippen molar-refractivity contribution in [2.75, 3.05) is 12.4 Å². The number of anilines is 1. The summed E-state index contributed by atoms with van der Waals surface area (Å²) in [6.45, 7) is 0. The third-order valence-electron chi connectivity index (χ3n) is 2.89. The number of benzene rings is 2. The Morgan fingerprint density at radius 3 is 2.59 bits per heavy atom. The van der Waals surface area contributed by atoms with Crippen molar-refractivity contribution in [3.8, 4) is 17.6 Å². The SMILES string of the molecule is COc1ccc(NC(=O)/C(C#N)=C/c2cccc(O)c2)cc1. The molecule has 0 unspecified atom stereocenters. The van der Waals surface area contributed by atoms with Crippen LogP contribution in [0.2, 0.25) is 0 Å². The van der Waals surface area contributed by atoms with Gasteiger partial charge in [-0.15, -0.1) is 0 Å². The maximum Gasteiger partial charge on any atom is 0.266 e. The highest BCUT2D eigenvalue weighted by atomic mass is 16.5. The number of aromatic hydroxyl groups is 1. The monoisotopic (exact) mass is 294 g/mol. The van der Waals surface area contributed by atoms with Crippen LogP contribution in [0.1, 0.15) is 5.56 Å². The molecule has 2 aromatic rings. The number of nitriles is 1. The first kappa shape index (κ1) is 15.1. The summed E-state index contributed by atoms with van der Waals surface area (Å²) in [5.41, 5.74) is 1.07. The lowest BCUT2D eigenvalue weighted by Gasteiger charge is -2.05. The van der Waals surface area contributed by atoms with Gasteiger partial charge in [-0.05, 0) is 48.0 Å². The first-order valence-electron chi connectivity index (χ1n) is 6.48. The summed E-state index contributed by atoms with van der Waals surface area (Å²) in [6, 6.07) is 14.9. The van der Waals surface area contributed by atoms with Gasteiger partial charge in [0.25, 0.3) is 5.91 Å². The zero-order chi connectivity index (χ0) is 15.9. The standard InChI is InChI=1S/C17H14N2O3/c1-22-16-7-5-14(6-8-16)19-17(21)13(11-18)9-12-3-2-4-15(20)10-12/h2-10,20H,1H3,(H,19,21)/b13-9+. The maximum atomic E-state index is 12.1. The molecule has 0 saturated carbocycles. The van der Waals surface area contributed by atoms with Gasteiger partial charge in [-0.3, -0.25) is 4.79 Å². The number of rotatable bonds is 4. The fourth-order valence-corrected chi connectivity index (χ4v) is 1.80. The average Bonchev–Trinajstić information content (AvgIpc) is 2.53. The number of carbonyl (C=O) groups excluding carboxylic acids is 1. The number of amides is 1. The van der Waals surface area contributed by atoms with Gasteiger partial charge < -0.3 is 15.2 Å². The van der Waals surface area contributed by atoms with E-state index < -0.39 is 5.91 Å². The topological polar surface area (TPSA) is 82.3 Å². The van der Waals surface area contributed by atoms with Gasteiger partial charge in [0.05, 0.1) is 7.11 Å². The van der Waals surface area contributed by atoms with Crippen molar-refractivity contribution in [3.05, 3.63) is 59.7 Å². The van der Waals surface area contributed by atoms with E-state index >= 15 is 0 Å². The fourth-order valence-electron chi connectivity index (χ4n) is 1.80. The molecule has 2 aromatic carbocycles. The van der Waals surface area contributed by atoms with E-state index in [1.54, 1.807) is 43.5 Å². The molecular weight excluding hydrogens is 280 g/mol. The van der Waals surface area contributed by atoms with Gasteiger partial charge in [0.1, 0.15) is 23.1 Å². The van der Waals surface area contributed by atoms with Crippen LogP contribution in [0.15, 0.2) is 54.1 Å². The summed E-state index contributed by atoms with van der Waals surface area (Å²) in [5.74, 6) is 0.228. The summed E-state index contributed by atoms with van der Waals surface area (Å²) < 4.78 is 5.03. The first-order chi connectivity index (χ1) is 10.6. The van der Waals surface area contributed by atoms with Crippen molar-refractivity contribution >= 4 is 17.7 Å². The minimum atomic E-state index is -0.518. The second-order valence-electron chi connectivity index (χ2n) is 4.45. The molecule has 110 valence electrons. The van der Waals surface area contributed by atoms with E-state index in [0.29, 0.717) is 17.0 Å². The molecule has 2 rings (SSSR count). The third-order valence-corrected chi connectivity index (χ3v) is 2.89. The summed E-state index contributed by atoms with van der Waals surface area (Å²) in [4.78, 5) is 12.1. The largest absolute Gasteiger partial charge is 0.508 e. The first-order valence-corrected chi connectivity index (χ1v) is 6.48. The zero-order valence-electron chi connectivity index (χ0n) is 11.9. The predicted octanol–water partition coefficient (Wildman–Crippen LogP) is 2.95. The molecule has 5 heteroatoms. The Bertz CT molecular complexity index is 743. The highest BCUT2D eigenvalue weighted by Gasteiger charge is 2.09. The molecule has 0 fully saturated rings. The van der Waals surface area contributed by atoms with E-state index in [1.165, 1.54) is 18.2 Å². The molecule has 0 aliphatic heterocycles. The van der Waals surface area contributed by atoms with E-state index in [2.05, 4.69) is 5.32 Å². The summed E-state index contributed by atoms with van der Waals surface area (Å²) >= 11 is 0. The normalized spacial score (nSPS) is 10.6. The van der Waals surface area contributed by atoms with Crippen molar-refractivity contribution < 1.29 is 14.6 Å². The Morgan fingerprint density at radius 1 is 1.27 bits per heavy atom. The lowest BCUT2D eigenvalue weighted by Crippen LogP contribution is -2.13. The van der Waals surface area contributed by atoms with Crippen molar-refractivity contribution in [2.45, 2.75) is 0 Å². The van der Waals surface area contributed by atoms with Gasteiger partial charge in [0.15, 0.2) is 0 Å². The lowest BCUT2D eigenvalue weighted by atomic mass is 10.1. The molecule has 5 nitrogen and oxygen atoms in total. The van der Waals surface area contributed by atoms with Crippen molar-refractivity contribution in [1.29, 1.82) is 5.26 Å². The molecule has 0 spiro atoms. The van der Waals surface area contributed by atoms with E-state index in [9.17, 15) is 9.90 Å². The molecule has 0 aliphatic carbocycles. The highest BCUT2D eigenvalue weighted by molar-refractivity contribution is 6.09. The number of ether oxygens (including phenoxy) is 1. The predicted molar refractivity (Wildman–Crippen MR) is 83.3 cm³/mol.